The van der Waals surface area contributed by atoms with Crippen molar-refractivity contribution in [2.45, 2.75) is 0 Å². The zero-order valence-electron chi connectivity index (χ0n) is 8.95. The van der Waals surface area contributed by atoms with E-state index in [-0.39, 0.29) is 13.5 Å². The van der Waals surface area contributed by atoms with E-state index in [9.17, 15) is 4.89 Å². The van der Waals surface area contributed by atoms with Crippen molar-refractivity contribution in [1.29, 1.82) is 0 Å². The largest absolute Gasteiger partial charge is 0.765 e. The molecule has 3 nitrogen and oxygen atoms in total. The Bertz CT molecular complexity index is 383. The van der Waals surface area contributed by atoms with Crippen molar-refractivity contribution in [2.24, 2.45) is 0 Å². The summed E-state index contributed by atoms with van der Waals surface area (Å²) in [5, 5.41) is 0. The summed E-state index contributed by atoms with van der Waals surface area (Å²) in [6, 6.07) is 17.8. The molecule has 0 aliphatic heterocycles. The fraction of sp³-hybridized carbons (Fsp3) is 0. The van der Waals surface area contributed by atoms with Crippen LogP contribution in [-0.4, -0.2) is 0 Å². The van der Waals surface area contributed by atoms with Gasteiger partial charge in [-0.2, -0.15) is 13.5 Å². The molecule has 0 saturated carbocycles. The third kappa shape index (κ3) is 4.65. The van der Waals surface area contributed by atoms with Crippen LogP contribution in [0.3, 0.4) is 0 Å². The van der Waals surface area contributed by atoms with E-state index < -0.39 is 8.60 Å². The van der Waals surface area contributed by atoms with Crippen molar-refractivity contribution in [3.63, 3.8) is 0 Å². The average molecular weight is 267 g/mol. The highest BCUT2D eigenvalue weighted by Gasteiger charge is 1.99. The van der Waals surface area contributed by atoms with Crippen LogP contribution in [0.1, 0.15) is 0 Å². The SMILES string of the molecule is S.[O-]P(Oc1ccccc1)Oc1ccccc1. The van der Waals surface area contributed by atoms with Crippen molar-refractivity contribution < 1.29 is 13.9 Å². The summed E-state index contributed by atoms with van der Waals surface area (Å²) < 4.78 is 10.2. The summed E-state index contributed by atoms with van der Waals surface area (Å²) >= 11 is 0. The molecular formula is C12H12O3PS-. The molecule has 0 bridgehead atoms. The molecule has 2 rings (SSSR count). The number of rotatable bonds is 4. The zero-order chi connectivity index (χ0) is 11.2. The van der Waals surface area contributed by atoms with E-state index in [0.29, 0.717) is 11.5 Å². The Labute approximate surface area is 108 Å². The standard InChI is InChI=1S/C12H10O3P.H2S/c13-16(14-11-7-3-1-4-8-11)15-12-9-5-2-6-10-12;/h1-10H;1H2/q-1;. The molecule has 2 aromatic rings. The van der Waals surface area contributed by atoms with Crippen LogP contribution in [-0.2, 0) is 0 Å². The van der Waals surface area contributed by atoms with Crippen LogP contribution < -0.4 is 13.9 Å². The lowest BCUT2D eigenvalue weighted by Crippen LogP contribution is -2.07. The summed E-state index contributed by atoms with van der Waals surface area (Å²) in [6.45, 7) is 0. The van der Waals surface area contributed by atoms with Crippen molar-refractivity contribution in [1.82, 2.24) is 0 Å². The van der Waals surface area contributed by atoms with E-state index in [2.05, 4.69) is 0 Å². The van der Waals surface area contributed by atoms with Crippen molar-refractivity contribution >= 4 is 22.1 Å². The molecule has 0 spiro atoms. The van der Waals surface area contributed by atoms with E-state index in [1.807, 2.05) is 12.1 Å². The lowest BCUT2D eigenvalue weighted by Gasteiger charge is -2.22. The molecule has 90 valence electrons. The summed E-state index contributed by atoms with van der Waals surface area (Å²) in [4.78, 5) is 11.5. The first kappa shape index (κ1) is 13.8. The second-order valence-corrected chi connectivity index (χ2v) is 3.84. The number of para-hydroxylation sites is 2. The highest BCUT2D eigenvalue weighted by Crippen LogP contribution is 2.32. The van der Waals surface area contributed by atoms with Gasteiger partial charge in [0.2, 0.25) is 8.60 Å². The third-order valence-corrected chi connectivity index (χ3v) is 2.57. The van der Waals surface area contributed by atoms with E-state index >= 15 is 0 Å². The first-order valence-electron chi connectivity index (χ1n) is 4.78. The first-order chi connectivity index (χ1) is 7.84. The van der Waals surface area contributed by atoms with E-state index in [0.717, 1.165) is 0 Å². The van der Waals surface area contributed by atoms with Crippen molar-refractivity contribution in [2.75, 3.05) is 0 Å². The molecule has 2 aromatic carbocycles. The molecule has 17 heavy (non-hydrogen) atoms. The molecule has 0 atom stereocenters. The van der Waals surface area contributed by atoms with Gasteiger partial charge in [-0.25, -0.2) is 0 Å². The Kier molecular flexibility index (Phi) is 5.84. The van der Waals surface area contributed by atoms with Gasteiger partial charge in [0.1, 0.15) is 11.5 Å². The number of hydrogen-bond acceptors (Lipinski definition) is 3. The van der Waals surface area contributed by atoms with Gasteiger partial charge in [0.25, 0.3) is 0 Å². The van der Waals surface area contributed by atoms with E-state index in [1.165, 1.54) is 0 Å². The van der Waals surface area contributed by atoms with Gasteiger partial charge in [-0.3, -0.25) is 0 Å². The Balaban J connectivity index is 0.00000144. The lowest BCUT2D eigenvalue weighted by atomic mass is 10.3. The van der Waals surface area contributed by atoms with Gasteiger partial charge in [-0.05, 0) is 24.3 Å². The Morgan fingerprint density at radius 1 is 0.706 bits per heavy atom. The van der Waals surface area contributed by atoms with Gasteiger partial charge in [-0.15, -0.1) is 0 Å². The summed E-state index contributed by atoms with van der Waals surface area (Å²) in [5.74, 6) is 1.05. The molecule has 0 heterocycles. The average Bonchev–Trinajstić information content (AvgIpc) is 2.31. The van der Waals surface area contributed by atoms with E-state index in [4.69, 9.17) is 9.05 Å². The van der Waals surface area contributed by atoms with Gasteiger partial charge >= 0.3 is 0 Å². The van der Waals surface area contributed by atoms with Crippen LogP contribution in [0, 0.1) is 0 Å². The molecule has 0 radical (unpaired) electrons. The minimum Gasteiger partial charge on any atom is -0.765 e. The lowest BCUT2D eigenvalue weighted by molar-refractivity contribution is -0.189. The molecular weight excluding hydrogens is 255 g/mol. The maximum Gasteiger partial charge on any atom is 0.210 e. The van der Waals surface area contributed by atoms with Gasteiger partial charge < -0.3 is 13.9 Å². The van der Waals surface area contributed by atoms with Crippen LogP contribution in [0.4, 0.5) is 0 Å². The number of hydrogen-bond donors (Lipinski definition) is 0. The second kappa shape index (κ2) is 7.17. The normalized spacial score (nSPS) is 9.53. The van der Waals surface area contributed by atoms with Crippen molar-refractivity contribution in [3.05, 3.63) is 60.7 Å². The third-order valence-electron chi connectivity index (χ3n) is 1.85. The molecule has 0 aromatic heterocycles. The predicted octanol–water partition coefficient (Wildman–Crippen LogP) is 2.84. The molecule has 0 aliphatic carbocycles. The molecule has 0 aliphatic rings. The molecule has 0 fully saturated rings. The van der Waals surface area contributed by atoms with Crippen LogP contribution in [0.5, 0.6) is 11.5 Å². The van der Waals surface area contributed by atoms with Crippen LogP contribution >= 0.6 is 22.1 Å². The summed E-state index contributed by atoms with van der Waals surface area (Å²) in [5.41, 5.74) is 0. The maximum absolute atomic E-state index is 11.5. The van der Waals surface area contributed by atoms with Crippen molar-refractivity contribution in [3.8, 4) is 11.5 Å². The van der Waals surface area contributed by atoms with Crippen LogP contribution in [0.15, 0.2) is 60.7 Å². The first-order valence-corrected chi connectivity index (χ1v) is 5.87. The van der Waals surface area contributed by atoms with E-state index in [1.54, 1.807) is 48.5 Å². The Morgan fingerprint density at radius 3 is 1.41 bits per heavy atom. The van der Waals surface area contributed by atoms with Gasteiger partial charge in [-0.1, -0.05) is 36.4 Å². The quantitative estimate of drug-likeness (QED) is 0.800. The molecule has 5 heteroatoms. The minimum absolute atomic E-state index is 0. The highest BCUT2D eigenvalue weighted by atomic mass is 32.1. The minimum atomic E-state index is -2.18. The number of benzene rings is 2. The fourth-order valence-corrected chi connectivity index (χ4v) is 1.78. The fourth-order valence-electron chi connectivity index (χ4n) is 1.15. The smallest absolute Gasteiger partial charge is 0.210 e. The van der Waals surface area contributed by atoms with Gasteiger partial charge in [0.05, 0.1) is 0 Å². The van der Waals surface area contributed by atoms with Gasteiger partial charge in [0, 0.05) is 0 Å². The maximum atomic E-state index is 11.5. The molecule has 0 unspecified atom stereocenters. The predicted molar refractivity (Wildman–Crippen MR) is 71.4 cm³/mol. The summed E-state index contributed by atoms with van der Waals surface area (Å²) in [7, 11) is -2.18. The molecule has 0 N–H and O–H groups in total. The summed E-state index contributed by atoms with van der Waals surface area (Å²) in [6.07, 6.45) is 0. The van der Waals surface area contributed by atoms with Crippen LogP contribution in [0.2, 0.25) is 0 Å². The van der Waals surface area contributed by atoms with Crippen LogP contribution in [0.25, 0.3) is 0 Å². The Morgan fingerprint density at radius 2 is 1.06 bits per heavy atom. The molecule has 0 amide bonds. The monoisotopic (exact) mass is 267 g/mol. The zero-order valence-corrected chi connectivity index (χ0v) is 10.8. The molecule has 0 saturated heterocycles. The van der Waals surface area contributed by atoms with Gasteiger partial charge in [0.15, 0.2) is 0 Å². The highest BCUT2D eigenvalue weighted by molar-refractivity contribution is 7.59. The Hall–Kier alpha value is -1.22. The topological polar surface area (TPSA) is 41.5 Å². The second-order valence-electron chi connectivity index (χ2n) is 3.03.